The normalized spacial score (nSPS) is 13.3. The minimum atomic E-state index is -3.59. The highest BCUT2D eigenvalue weighted by Gasteiger charge is 2.20. The Morgan fingerprint density at radius 1 is 1.45 bits per heavy atom. The van der Waals surface area contributed by atoms with Crippen molar-refractivity contribution in [1.29, 1.82) is 0 Å². The van der Waals surface area contributed by atoms with Crippen LogP contribution in [0.15, 0.2) is 41.6 Å². The number of nitrogens with zero attached hydrogens (tertiary/aromatic N) is 2. The molecule has 0 amide bonds. The third-order valence-corrected chi connectivity index (χ3v) is 4.61. The summed E-state index contributed by atoms with van der Waals surface area (Å²) in [5.41, 5.74) is 6.75. The Morgan fingerprint density at radius 2 is 2.20 bits per heavy atom. The largest absolute Gasteiger partial charge is 0.399 e. The van der Waals surface area contributed by atoms with Crippen LogP contribution in [-0.4, -0.2) is 24.2 Å². The summed E-state index contributed by atoms with van der Waals surface area (Å²) in [6.07, 6.45) is 3.44. The highest BCUT2D eigenvalue weighted by Crippen LogP contribution is 2.18. The second-order valence-corrected chi connectivity index (χ2v) is 6.46. The van der Waals surface area contributed by atoms with Crippen molar-refractivity contribution in [2.24, 2.45) is 0 Å². The average molecular weight is 294 g/mol. The van der Waals surface area contributed by atoms with Gasteiger partial charge in [0.1, 0.15) is 0 Å². The van der Waals surface area contributed by atoms with Crippen molar-refractivity contribution in [3.05, 3.63) is 42.2 Å². The fraction of sp³-hybridized carbons (Fsp3) is 0.308. The van der Waals surface area contributed by atoms with Gasteiger partial charge >= 0.3 is 0 Å². The molecular weight excluding hydrogens is 276 g/mol. The molecule has 1 aromatic heterocycles. The van der Waals surface area contributed by atoms with Crippen LogP contribution in [0.3, 0.4) is 0 Å². The van der Waals surface area contributed by atoms with Crippen molar-refractivity contribution in [3.8, 4) is 0 Å². The van der Waals surface area contributed by atoms with E-state index in [1.165, 1.54) is 6.07 Å². The molecule has 0 spiro atoms. The molecule has 0 radical (unpaired) electrons. The third kappa shape index (κ3) is 3.37. The number of nitrogen functional groups attached to an aromatic ring is 1. The van der Waals surface area contributed by atoms with E-state index < -0.39 is 10.0 Å². The van der Waals surface area contributed by atoms with Crippen LogP contribution < -0.4 is 10.5 Å². The van der Waals surface area contributed by atoms with E-state index in [1.807, 2.05) is 0 Å². The molecule has 0 aliphatic rings. The Hall–Kier alpha value is -1.86. The first kappa shape index (κ1) is 14.5. The van der Waals surface area contributed by atoms with E-state index in [0.29, 0.717) is 17.8 Å². The molecule has 6 nitrogen and oxygen atoms in total. The minimum absolute atomic E-state index is 0.213. The molecule has 1 heterocycles. The van der Waals surface area contributed by atoms with Gasteiger partial charge in [0.2, 0.25) is 10.0 Å². The van der Waals surface area contributed by atoms with Crippen LogP contribution in [0.2, 0.25) is 0 Å². The number of nitrogens with one attached hydrogen (secondary N) is 1. The molecule has 0 saturated carbocycles. The van der Waals surface area contributed by atoms with E-state index in [2.05, 4.69) is 9.82 Å². The van der Waals surface area contributed by atoms with Gasteiger partial charge in [0.15, 0.2) is 0 Å². The SMILES string of the molecule is Cc1ccc(N)cc1S(=O)(=O)NC(C)Cn1cccn1. The van der Waals surface area contributed by atoms with E-state index in [4.69, 9.17) is 5.73 Å². The van der Waals surface area contributed by atoms with E-state index >= 15 is 0 Å². The highest BCUT2D eigenvalue weighted by molar-refractivity contribution is 7.89. The molecule has 3 N–H and O–H groups in total. The molecule has 0 aliphatic carbocycles. The lowest BCUT2D eigenvalue weighted by atomic mass is 10.2. The van der Waals surface area contributed by atoms with Crippen LogP contribution in [0.5, 0.6) is 0 Å². The van der Waals surface area contributed by atoms with Crippen LogP contribution in [0.4, 0.5) is 5.69 Å². The number of rotatable bonds is 5. The van der Waals surface area contributed by atoms with Crippen molar-refractivity contribution < 1.29 is 8.42 Å². The first-order valence-electron chi connectivity index (χ1n) is 6.24. The van der Waals surface area contributed by atoms with Gasteiger partial charge in [0, 0.05) is 24.1 Å². The third-order valence-electron chi connectivity index (χ3n) is 2.88. The Bertz CT molecular complexity index is 680. The molecule has 0 aliphatic heterocycles. The average Bonchev–Trinajstić information content (AvgIpc) is 2.84. The van der Waals surface area contributed by atoms with Crippen molar-refractivity contribution in [3.63, 3.8) is 0 Å². The molecule has 1 atom stereocenters. The lowest BCUT2D eigenvalue weighted by molar-refractivity contribution is 0.493. The van der Waals surface area contributed by atoms with Gasteiger partial charge in [-0.25, -0.2) is 13.1 Å². The Morgan fingerprint density at radius 3 is 2.85 bits per heavy atom. The summed E-state index contributed by atoms with van der Waals surface area (Å²) in [6, 6.07) is 6.37. The van der Waals surface area contributed by atoms with Crippen molar-refractivity contribution >= 4 is 15.7 Å². The van der Waals surface area contributed by atoms with Gasteiger partial charge in [0.25, 0.3) is 0 Å². The van der Waals surface area contributed by atoms with Gasteiger partial charge in [-0.3, -0.25) is 4.68 Å². The summed E-state index contributed by atoms with van der Waals surface area (Å²) < 4.78 is 29.0. The number of aryl methyl sites for hydroxylation is 1. The Kier molecular flexibility index (Phi) is 4.10. The molecule has 0 bridgehead atoms. The number of hydrogen-bond donors (Lipinski definition) is 2. The number of hydrogen-bond acceptors (Lipinski definition) is 4. The molecule has 2 rings (SSSR count). The topological polar surface area (TPSA) is 90.0 Å². The second-order valence-electron chi connectivity index (χ2n) is 4.78. The zero-order chi connectivity index (χ0) is 14.8. The van der Waals surface area contributed by atoms with Crippen LogP contribution in [-0.2, 0) is 16.6 Å². The summed E-state index contributed by atoms with van der Waals surface area (Å²) in [5, 5.41) is 4.05. The predicted octanol–water partition coefficient (Wildman–Crippen LogP) is 1.14. The fourth-order valence-corrected chi connectivity index (χ4v) is 3.48. The van der Waals surface area contributed by atoms with Gasteiger partial charge in [-0.1, -0.05) is 6.07 Å². The number of aromatic nitrogens is 2. The van der Waals surface area contributed by atoms with Crippen molar-refractivity contribution in [2.45, 2.75) is 31.3 Å². The number of sulfonamides is 1. The lowest BCUT2D eigenvalue weighted by Gasteiger charge is -2.15. The lowest BCUT2D eigenvalue weighted by Crippen LogP contribution is -2.36. The van der Waals surface area contributed by atoms with Crippen LogP contribution >= 0.6 is 0 Å². The first-order valence-corrected chi connectivity index (χ1v) is 7.73. The highest BCUT2D eigenvalue weighted by atomic mass is 32.2. The number of benzene rings is 1. The summed E-state index contributed by atoms with van der Waals surface area (Å²) in [6.45, 7) is 4.00. The van der Waals surface area contributed by atoms with E-state index in [1.54, 1.807) is 49.1 Å². The zero-order valence-electron chi connectivity index (χ0n) is 11.4. The molecule has 7 heteroatoms. The number of anilines is 1. The molecule has 0 saturated heterocycles. The second kappa shape index (κ2) is 5.64. The minimum Gasteiger partial charge on any atom is -0.399 e. The summed E-state index contributed by atoms with van der Waals surface area (Å²) >= 11 is 0. The van der Waals surface area contributed by atoms with Crippen LogP contribution in [0, 0.1) is 6.92 Å². The standard InChI is InChI=1S/C13H18N4O2S/c1-10-4-5-12(14)8-13(10)20(18,19)16-11(2)9-17-7-3-6-15-17/h3-8,11,16H,9,14H2,1-2H3. The van der Waals surface area contributed by atoms with Crippen LogP contribution in [0.1, 0.15) is 12.5 Å². The van der Waals surface area contributed by atoms with Gasteiger partial charge in [-0.2, -0.15) is 5.10 Å². The van der Waals surface area contributed by atoms with E-state index in [0.717, 1.165) is 0 Å². The maximum atomic E-state index is 12.3. The Labute approximate surface area is 118 Å². The molecule has 1 aromatic carbocycles. The van der Waals surface area contributed by atoms with Crippen molar-refractivity contribution in [2.75, 3.05) is 5.73 Å². The van der Waals surface area contributed by atoms with Crippen LogP contribution in [0.25, 0.3) is 0 Å². The quantitative estimate of drug-likeness (QED) is 0.809. The molecular formula is C13H18N4O2S. The maximum Gasteiger partial charge on any atom is 0.241 e. The van der Waals surface area contributed by atoms with Gasteiger partial charge < -0.3 is 5.73 Å². The maximum absolute atomic E-state index is 12.3. The van der Waals surface area contributed by atoms with Gasteiger partial charge in [0.05, 0.1) is 11.4 Å². The number of nitrogens with two attached hydrogens (primary N) is 1. The molecule has 2 aromatic rings. The Balaban J connectivity index is 2.16. The summed E-state index contributed by atoms with van der Waals surface area (Å²) in [7, 11) is -3.59. The van der Waals surface area contributed by atoms with Gasteiger partial charge in [-0.05, 0) is 37.6 Å². The molecule has 0 fully saturated rings. The summed E-state index contributed by atoms with van der Waals surface area (Å²) in [4.78, 5) is 0.213. The van der Waals surface area contributed by atoms with Gasteiger partial charge in [-0.15, -0.1) is 0 Å². The molecule has 1 unspecified atom stereocenters. The van der Waals surface area contributed by atoms with Crippen molar-refractivity contribution in [1.82, 2.24) is 14.5 Å². The monoisotopic (exact) mass is 294 g/mol. The first-order chi connectivity index (χ1) is 9.38. The molecule has 20 heavy (non-hydrogen) atoms. The zero-order valence-corrected chi connectivity index (χ0v) is 12.3. The molecule has 108 valence electrons. The fourth-order valence-electron chi connectivity index (χ4n) is 1.96. The van der Waals surface area contributed by atoms with E-state index in [-0.39, 0.29) is 10.9 Å². The smallest absolute Gasteiger partial charge is 0.241 e. The van der Waals surface area contributed by atoms with E-state index in [9.17, 15) is 8.42 Å². The summed E-state index contributed by atoms with van der Waals surface area (Å²) in [5.74, 6) is 0. The predicted molar refractivity (Wildman–Crippen MR) is 77.6 cm³/mol.